The van der Waals surface area contributed by atoms with Crippen LogP contribution in [-0.2, 0) is 6.54 Å². The van der Waals surface area contributed by atoms with Crippen LogP contribution in [0.4, 0.5) is 4.39 Å². The molecule has 8 heteroatoms. The first kappa shape index (κ1) is 20.1. The molecular weight excluding hydrogens is 345 g/mol. The molecule has 1 aliphatic heterocycles. The summed E-state index contributed by atoms with van der Waals surface area (Å²) < 4.78 is 14.4. The van der Waals surface area contributed by atoms with Crippen LogP contribution < -0.4 is 21.9 Å². The Morgan fingerprint density at radius 3 is 2.80 bits per heavy atom. The van der Waals surface area contributed by atoms with Crippen LogP contribution >= 0.6 is 11.6 Å². The Kier molecular flexibility index (Phi) is 6.76. The van der Waals surface area contributed by atoms with Crippen LogP contribution in [0.25, 0.3) is 0 Å². The van der Waals surface area contributed by atoms with Gasteiger partial charge in [-0.1, -0.05) is 11.6 Å². The minimum absolute atomic E-state index is 0.0142. The normalized spacial score (nSPS) is 20.0. The third-order valence-corrected chi connectivity index (χ3v) is 4.22. The van der Waals surface area contributed by atoms with Crippen LogP contribution in [0.1, 0.15) is 44.7 Å². The number of aliphatic hydroxyl groups is 1. The third kappa shape index (κ3) is 5.62. The first-order valence-corrected chi connectivity index (χ1v) is 8.78. The van der Waals surface area contributed by atoms with Gasteiger partial charge >= 0.3 is 0 Å². The molecule has 140 valence electrons. The Morgan fingerprint density at radius 2 is 2.24 bits per heavy atom. The average molecular weight is 372 g/mol. The van der Waals surface area contributed by atoms with Gasteiger partial charge in [0.1, 0.15) is 17.9 Å². The van der Waals surface area contributed by atoms with Crippen LogP contribution in [0.15, 0.2) is 17.1 Å². The van der Waals surface area contributed by atoms with E-state index in [0.29, 0.717) is 17.0 Å². The van der Waals surface area contributed by atoms with Gasteiger partial charge in [-0.3, -0.25) is 10.3 Å². The van der Waals surface area contributed by atoms with Crippen molar-refractivity contribution >= 4 is 17.4 Å². The van der Waals surface area contributed by atoms with Gasteiger partial charge in [-0.05, 0) is 52.3 Å². The molecule has 0 spiro atoms. The van der Waals surface area contributed by atoms with Crippen LogP contribution in [0, 0.1) is 5.82 Å². The number of halogens is 2. The lowest BCUT2D eigenvalue weighted by Gasteiger charge is -2.20. The third-order valence-electron chi connectivity index (χ3n) is 3.94. The van der Waals surface area contributed by atoms with E-state index in [1.54, 1.807) is 6.07 Å². The highest BCUT2D eigenvalue weighted by Gasteiger charge is 2.23. The number of hydrazine groups is 1. The molecule has 1 aromatic rings. The number of nitrogens with one attached hydrogen (secondary N) is 3. The summed E-state index contributed by atoms with van der Waals surface area (Å²) in [6.07, 6.45) is 1.16. The van der Waals surface area contributed by atoms with Gasteiger partial charge in [-0.15, -0.1) is 0 Å². The second-order valence-corrected chi connectivity index (χ2v) is 7.64. The zero-order chi connectivity index (χ0) is 18.6. The summed E-state index contributed by atoms with van der Waals surface area (Å²) in [5, 5.41) is 16.3. The molecule has 2 unspecified atom stereocenters. The molecule has 0 bridgehead atoms. The minimum Gasteiger partial charge on any atom is -0.377 e. The second-order valence-electron chi connectivity index (χ2n) is 7.24. The summed E-state index contributed by atoms with van der Waals surface area (Å²) in [5.74, 6) is 5.48. The topological polar surface area (TPSA) is 94.7 Å². The van der Waals surface area contributed by atoms with Crippen molar-refractivity contribution in [2.75, 3.05) is 6.54 Å². The Morgan fingerprint density at radius 1 is 1.52 bits per heavy atom. The van der Waals surface area contributed by atoms with Gasteiger partial charge in [0.2, 0.25) is 0 Å². The van der Waals surface area contributed by atoms with Crippen molar-refractivity contribution in [2.45, 2.75) is 58.0 Å². The lowest BCUT2D eigenvalue weighted by Crippen LogP contribution is -2.44. The molecule has 0 saturated carbocycles. The first-order chi connectivity index (χ1) is 11.7. The van der Waals surface area contributed by atoms with E-state index < -0.39 is 12.0 Å². The largest absolute Gasteiger partial charge is 0.377 e. The minimum atomic E-state index is -0.750. The van der Waals surface area contributed by atoms with Gasteiger partial charge in [0.15, 0.2) is 0 Å². The summed E-state index contributed by atoms with van der Waals surface area (Å²) in [5.41, 5.74) is 3.13. The lowest BCUT2D eigenvalue weighted by atomic mass is 10.1. The maximum Gasteiger partial charge on any atom is 0.146 e. The molecule has 1 aromatic carbocycles. The number of hydrogen-bond donors (Lipinski definition) is 5. The maximum atomic E-state index is 14.4. The van der Waals surface area contributed by atoms with Gasteiger partial charge in [0.25, 0.3) is 0 Å². The van der Waals surface area contributed by atoms with E-state index in [9.17, 15) is 9.50 Å². The predicted octanol–water partition coefficient (Wildman–Crippen LogP) is 1.65. The molecule has 0 radical (unpaired) electrons. The zero-order valence-corrected chi connectivity index (χ0v) is 15.6. The molecule has 6 nitrogen and oxygen atoms in total. The fraction of sp³-hybridized carbons (Fsp3) is 0.588. The van der Waals surface area contributed by atoms with Crippen molar-refractivity contribution < 1.29 is 9.50 Å². The molecule has 25 heavy (non-hydrogen) atoms. The molecule has 1 saturated heterocycles. The number of amidine groups is 1. The van der Waals surface area contributed by atoms with Gasteiger partial charge in [0, 0.05) is 23.7 Å². The fourth-order valence-electron chi connectivity index (χ4n) is 2.76. The molecule has 2 atom stereocenters. The van der Waals surface area contributed by atoms with Gasteiger partial charge in [-0.25, -0.2) is 10.2 Å². The molecule has 1 fully saturated rings. The quantitative estimate of drug-likeness (QED) is 0.178. The van der Waals surface area contributed by atoms with Gasteiger partial charge in [0.05, 0.1) is 10.6 Å². The molecular formula is C17H27ClFN5O. The van der Waals surface area contributed by atoms with Crippen molar-refractivity contribution in [3.8, 4) is 0 Å². The van der Waals surface area contributed by atoms with Crippen molar-refractivity contribution in [1.29, 1.82) is 0 Å². The molecule has 2 rings (SSSR count). The smallest absolute Gasteiger partial charge is 0.146 e. The molecule has 0 aromatic heterocycles. The van der Waals surface area contributed by atoms with Crippen molar-refractivity contribution in [2.24, 2.45) is 10.8 Å². The highest BCUT2D eigenvalue weighted by molar-refractivity contribution is 6.31. The summed E-state index contributed by atoms with van der Waals surface area (Å²) in [4.78, 5) is 4.49. The number of benzene rings is 1. The molecule has 1 aliphatic rings. The number of nitrogens with two attached hydrogens (primary N) is 1. The summed E-state index contributed by atoms with van der Waals surface area (Å²) >= 11 is 6.03. The van der Waals surface area contributed by atoms with E-state index in [1.807, 2.05) is 20.8 Å². The van der Waals surface area contributed by atoms with Crippen molar-refractivity contribution in [3.63, 3.8) is 0 Å². The van der Waals surface area contributed by atoms with Crippen LogP contribution in [0.2, 0.25) is 5.02 Å². The highest BCUT2D eigenvalue weighted by Crippen LogP contribution is 2.22. The van der Waals surface area contributed by atoms with Crippen molar-refractivity contribution in [1.82, 2.24) is 16.1 Å². The van der Waals surface area contributed by atoms with Gasteiger partial charge in [-0.2, -0.15) is 0 Å². The zero-order valence-electron chi connectivity index (χ0n) is 14.9. The maximum absolute atomic E-state index is 14.4. The van der Waals surface area contributed by atoms with E-state index in [-0.39, 0.29) is 23.1 Å². The second kappa shape index (κ2) is 8.42. The van der Waals surface area contributed by atoms with E-state index in [2.05, 4.69) is 21.1 Å². The summed E-state index contributed by atoms with van der Waals surface area (Å²) in [6, 6.07) is 3.10. The number of rotatable bonds is 5. The van der Waals surface area contributed by atoms with E-state index in [0.717, 1.165) is 19.4 Å². The van der Waals surface area contributed by atoms with Gasteiger partial charge < -0.3 is 15.8 Å². The molecule has 1 heterocycles. The number of hydrogen-bond acceptors (Lipinski definition) is 5. The highest BCUT2D eigenvalue weighted by atomic mass is 35.5. The number of nitrogens with zero attached hydrogens (tertiary/aromatic N) is 1. The Hall–Kier alpha value is -1.25. The van der Waals surface area contributed by atoms with E-state index in [1.165, 1.54) is 6.07 Å². The van der Waals surface area contributed by atoms with Crippen LogP contribution in [0.3, 0.4) is 0 Å². The standard InChI is InChI=1S/C17H27ClFN5O/c1-17(2,3)23-15(24-20)10-7-11(14(19)12(18)8-10)9-22-16(25)13-5-4-6-21-13/h7-8,13,16,21-22,25H,4-6,9,20H2,1-3H3,(H,23,24). The number of aliphatic imine (C=N–C) groups is 1. The predicted molar refractivity (Wildman–Crippen MR) is 98.9 cm³/mol. The Balaban J connectivity index is 2.20. The Labute approximate surface area is 153 Å². The van der Waals surface area contributed by atoms with E-state index >= 15 is 0 Å². The first-order valence-electron chi connectivity index (χ1n) is 8.41. The summed E-state index contributed by atoms with van der Waals surface area (Å²) in [6.45, 7) is 6.83. The van der Waals surface area contributed by atoms with Crippen molar-refractivity contribution in [3.05, 3.63) is 34.1 Å². The Bertz CT molecular complexity index is 626. The number of aliphatic hydroxyl groups excluding tert-OH is 1. The average Bonchev–Trinajstić information content (AvgIpc) is 3.07. The monoisotopic (exact) mass is 371 g/mol. The lowest BCUT2D eigenvalue weighted by molar-refractivity contribution is 0.0990. The summed E-state index contributed by atoms with van der Waals surface area (Å²) in [7, 11) is 0. The van der Waals surface area contributed by atoms with Crippen LogP contribution in [-0.4, -0.2) is 35.3 Å². The van der Waals surface area contributed by atoms with Crippen LogP contribution in [0.5, 0.6) is 0 Å². The SMILES string of the molecule is CC(C)(C)N=C(NN)c1cc(Cl)c(F)c(CNC(O)C2CCCN2)c1. The molecule has 6 N–H and O–H groups in total. The van der Waals surface area contributed by atoms with E-state index in [4.69, 9.17) is 17.4 Å². The fourth-order valence-corrected chi connectivity index (χ4v) is 3.00. The molecule has 0 aliphatic carbocycles. The molecule has 0 amide bonds.